The summed E-state index contributed by atoms with van der Waals surface area (Å²) in [5.74, 6) is 0. The summed E-state index contributed by atoms with van der Waals surface area (Å²) in [6, 6.07) is 1.47. The van der Waals surface area contributed by atoms with E-state index in [1.165, 1.54) is 24.4 Å². The van der Waals surface area contributed by atoms with E-state index in [1.54, 1.807) is 6.92 Å². The zero-order valence-corrected chi connectivity index (χ0v) is 6.81. The van der Waals surface area contributed by atoms with Crippen LogP contribution in [-0.4, -0.2) is 17.1 Å². The molecule has 1 heterocycles. The predicted octanol–water partition coefficient (Wildman–Crippen LogP) is 1.32. The molecular formula is C8H5N3O2. The zero-order chi connectivity index (χ0) is 9.68. The summed E-state index contributed by atoms with van der Waals surface area (Å²) >= 11 is 0. The van der Waals surface area contributed by atoms with E-state index in [0.29, 0.717) is 5.69 Å². The lowest BCUT2D eigenvalue weighted by Gasteiger charge is -1.98. The summed E-state index contributed by atoms with van der Waals surface area (Å²) in [7, 11) is 0. The van der Waals surface area contributed by atoms with Crippen LogP contribution in [0.2, 0.25) is 0 Å². The van der Waals surface area contributed by atoms with E-state index in [1.807, 2.05) is 0 Å². The summed E-state index contributed by atoms with van der Waals surface area (Å²) in [6.45, 7) is 1.65. The quantitative estimate of drug-likeness (QED) is 0.502. The number of rotatable bonds is 2. The second-order valence-corrected chi connectivity index (χ2v) is 2.17. The minimum atomic E-state index is 0.251. The first-order valence-corrected chi connectivity index (χ1v) is 3.41. The maximum atomic E-state index is 10.0. The fraction of sp³-hybridized carbons (Fsp3) is 0.125. The average Bonchev–Trinajstić information content (AvgIpc) is 2.11. The first kappa shape index (κ1) is 9.00. The van der Waals surface area contributed by atoms with Crippen molar-refractivity contribution in [3.05, 3.63) is 18.0 Å². The minimum absolute atomic E-state index is 0.251. The van der Waals surface area contributed by atoms with Crippen molar-refractivity contribution in [2.24, 2.45) is 9.98 Å². The van der Waals surface area contributed by atoms with Gasteiger partial charge in [-0.3, -0.25) is 4.98 Å². The Hall–Kier alpha value is -2.09. The van der Waals surface area contributed by atoms with Crippen molar-refractivity contribution in [3.63, 3.8) is 0 Å². The van der Waals surface area contributed by atoms with Gasteiger partial charge in [-0.1, -0.05) is 0 Å². The number of nitrogens with zero attached hydrogens (tertiary/aromatic N) is 3. The summed E-state index contributed by atoms with van der Waals surface area (Å²) < 4.78 is 0. The molecule has 0 aliphatic rings. The highest BCUT2D eigenvalue weighted by atomic mass is 16.1. The number of carbonyl (C=O) groups excluding carboxylic acids is 2. The molecule has 64 valence electrons. The summed E-state index contributed by atoms with van der Waals surface area (Å²) in [5, 5.41) is 0. The van der Waals surface area contributed by atoms with E-state index < -0.39 is 0 Å². The molecule has 13 heavy (non-hydrogen) atoms. The molecule has 0 atom stereocenters. The van der Waals surface area contributed by atoms with Crippen molar-refractivity contribution in [1.29, 1.82) is 0 Å². The predicted molar refractivity (Wildman–Crippen MR) is 44.5 cm³/mol. The molecule has 0 unspecified atom stereocenters. The molecule has 0 amide bonds. The van der Waals surface area contributed by atoms with Gasteiger partial charge < -0.3 is 0 Å². The number of aliphatic imine (C=N–C) groups is 2. The van der Waals surface area contributed by atoms with Gasteiger partial charge in [-0.25, -0.2) is 9.59 Å². The molecule has 0 N–H and O–H groups in total. The second-order valence-electron chi connectivity index (χ2n) is 2.17. The van der Waals surface area contributed by atoms with Crippen LogP contribution in [0, 0.1) is 6.92 Å². The Morgan fingerprint density at radius 2 is 2.00 bits per heavy atom. The monoisotopic (exact) mass is 175 g/mol. The van der Waals surface area contributed by atoms with Gasteiger partial charge in [-0.15, -0.1) is 0 Å². The third kappa shape index (κ3) is 1.93. The van der Waals surface area contributed by atoms with E-state index in [0.717, 1.165) is 0 Å². The van der Waals surface area contributed by atoms with Gasteiger partial charge in [-0.05, 0) is 13.0 Å². The Morgan fingerprint density at radius 3 is 2.62 bits per heavy atom. The number of aromatic nitrogens is 1. The molecule has 0 saturated carbocycles. The molecule has 0 aliphatic carbocycles. The van der Waals surface area contributed by atoms with Crippen LogP contribution in [-0.2, 0) is 9.59 Å². The molecule has 5 nitrogen and oxygen atoms in total. The van der Waals surface area contributed by atoms with Crippen molar-refractivity contribution >= 4 is 23.5 Å². The molecule has 0 bridgehead atoms. The van der Waals surface area contributed by atoms with Crippen molar-refractivity contribution in [2.75, 3.05) is 0 Å². The lowest BCUT2D eigenvalue weighted by atomic mass is 10.3. The molecular weight excluding hydrogens is 170 g/mol. The van der Waals surface area contributed by atoms with Gasteiger partial charge in [0.05, 0.1) is 5.69 Å². The molecule has 5 heteroatoms. The second kappa shape index (κ2) is 4.07. The highest BCUT2D eigenvalue weighted by Crippen LogP contribution is 2.28. The van der Waals surface area contributed by atoms with E-state index in [4.69, 9.17) is 0 Å². The fourth-order valence-corrected chi connectivity index (χ4v) is 0.868. The van der Waals surface area contributed by atoms with Crippen LogP contribution in [0.3, 0.4) is 0 Å². The van der Waals surface area contributed by atoms with E-state index in [9.17, 15) is 9.59 Å². The molecule has 0 radical (unpaired) electrons. The van der Waals surface area contributed by atoms with Gasteiger partial charge in [0.2, 0.25) is 12.2 Å². The lowest BCUT2D eigenvalue weighted by molar-refractivity contribution is 0.564. The molecule has 0 fully saturated rings. The van der Waals surface area contributed by atoms with Crippen molar-refractivity contribution in [3.8, 4) is 0 Å². The summed E-state index contributed by atoms with van der Waals surface area (Å²) in [6.07, 6.45) is 4.20. The van der Waals surface area contributed by atoms with Gasteiger partial charge in [0, 0.05) is 6.20 Å². The van der Waals surface area contributed by atoms with Gasteiger partial charge in [-0.2, -0.15) is 9.98 Å². The van der Waals surface area contributed by atoms with Gasteiger partial charge in [0.15, 0.2) is 0 Å². The summed E-state index contributed by atoms with van der Waals surface area (Å²) in [4.78, 5) is 30.6. The average molecular weight is 175 g/mol. The molecule has 1 aromatic rings. The Labute approximate surface area is 73.9 Å². The van der Waals surface area contributed by atoms with Gasteiger partial charge in [0.25, 0.3) is 0 Å². The number of aryl methyl sites for hydroxylation is 1. The normalized spacial score (nSPS) is 8.38. The first-order chi connectivity index (χ1) is 6.29. The van der Waals surface area contributed by atoms with Crippen LogP contribution in [0.25, 0.3) is 0 Å². The van der Waals surface area contributed by atoms with E-state index in [2.05, 4.69) is 15.0 Å². The van der Waals surface area contributed by atoms with Gasteiger partial charge >= 0.3 is 0 Å². The highest BCUT2D eigenvalue weighted by molar-refractivity contribution is 5.69. The standard InChI is InChI=1S/C8H5N3O2/c1-6-8(11-5-13)7(10-4-12)2-3-9-6/h2-3H,1H3. The van der Waals surface area contributed by atoms with E-state index >= 15 is 0 Å². The smallest absolute Gasteiger partial charge is 0.240 e. The third-order valence-electron chi connectivity index (χ3n) is 1.41. The minimum Gasteiger partial charge on any atom is -0.259 e. The Kier molecular flexibility index (Phi) is 2.82. The van der Waals surface area contributed by atoms with E-state index in [-0.39, 0.29) is 11.4 Å². The molecule has 0 saturated heterocycles. The largest absolute Gasteiger partial charge is 0.259 e. The van der Waals surface area contributed by atoms with Crippen molar-refractivity contribution in [1.82, 2.24) is 4.98 Å². The Bertz CT molecular complexity index is 415. The lowest BCUT2D eigenvalue weighted by Crippen LogP contribution is -1.80. The third-order valence-corrected chi connectivity index (χ3v) is 1.41. The zero-order valence-electron chi connectivity index (χ0n) is 6.81. The topological polar surface area (TPSA) is 71.8 Å². The Balaban J connectivity index is 3.41. The first-order valence-electron chi connectivity index (χ1n) is 3.41. The maximum Gasteiger partial charge on any atom is 0.240 e. The van der Waals surface area contributed by atoms with Crippen LogP contribution in [0.5, 0.6) is 0 Å². The van der Waals surface area contributed by atoms with Crippen molar-refractivity contribution < 1.29 is 9.59 Å². The molecule has 0 aliphatic heterocycles. The number of hydrogen-bond acceptors (Lipinski definition) is 5. The van der Waals surface area contributed by atoms with Crippen LogP contribution in [0.4, 0.5) is 11.4 Å². The van der Waals surface area contributed by atoms with Crippen LogP contribution in [0.1, 0.15) is 5.69 Å². The van der Waals surface area contributed by atoms with Crippen LogP contribution in [0.15, 0.2) is 22.2 Å². The SMILES string of the molecule is Cc1nccc(N=C=O)c1N=C=O. The van der Waals surface area contributed by atoms with Crippen LogP contribution >= 0.6 is 0 Å². The molecule has 1 aromatic heterocycles. The molecule has 1 rings (SSSR count). The number of pyridine rings is 1. The fourth-order valence-electron chi connectivity index (χ4n) is 0.868. The number of isocyanates is 2. The maximum absolute atomic E-state index is 10.0. The van der Waals surface area contributed by atoms with Crippen molar-refractivity contribution in [2.45, 2.75) is 6.92 Å². The highest BCUT2D eigenvalue weighted by Gasteiger charge is 2.03. The Morgan fingerprint density at radius 1 is 1.31 bits per heavy atom. The van der Waals surface area contributed by atoms with Crippen LogP contribution < -0.4 is 0 Å². The summed E-state index contributed by atoms with van der Waals surface area (Å²) in [5.41, 5.74) is 1.03. The molecule has 0 aromatic carbocycles. The van der Waals surface area contributed by atoms with Gasteiger partial charge in [0.1, 0.15) is 11.4 Å². The number of hydrogen-bond donors (Lipinski definition) is 0. The molecule has 0 spiro atoms.